The molecule has 10 aromatic carbocycles. The molecule has 0 unspecified atom stereocenters. The zero-order valence-electron chi connectivity index (χ0n) is 28.3. The molecular formula is C50H34. The Balaban J connectivity index is 1.48. The third-order valence-corrected chi connectivity index (χ3v) is 11.1. The van der Waals surface area contributed by atoms with Crippen LogP contribution >= 0.6 is 0 Å². The molecule has 0 fully saturated rings. The molecule has 0 N–H and O–H groups in total. The van der Waals surface area contributed by atoms with E-state index in [-0.39, 0.29) is 0 Å². The summed E-state index contributed by atoms with van der Waals surface area (Å²) in [7, 11) is 0. The summed E-state index contributed by atoms with van der Waals surface area (Å²) >= 11 is 0. The van der Waals surface area contributed by atoms with Crippen molar-refractivity contribution in [2.24, 2.45) is 0 Å². The Morgan fingerprint density at radius 2 is 1.00 bits per heavy atom. The van der Waals surface area contributed by atoms with Crippen molar-refractivity contribution >= 4 is 77.3 Å². The Morgan fingerprint density at radius 3 is 1.70 bits per heavy atom. The first-order chi connectivity index (χ1) is 24.5. The van der Waals surface area contributed by atoms with Gasteiger partial charge in [-0.3, -0.25) is 0 Å². The van der Waals surface area contributed by atoms with Crippen LogP contribution in [-0.2, 0) is 0 Å². The molecule has 0 heteroatoms. The minimum absolute atomic E-state index is 1.06. The van der Waals surface area contributed by atoms with Crippen molar-refractivity contribution < 1.29 is 0 Å². The molecule has 0 nitrogen and oxygen atoms in total. The van der Waals surface area contributed by atoms with Crippen LogP contribution in [0.5, 0.6) is 0 Å². The first kappa shape index (κ1) is 28.7. The molecule has 0 saturated heterocycles. The van der Waals surface area contributed by atoms with Crippen molar-refractivity contribution in [1.29, 1.82) is 0 Å². The molecule has 0 aliphatic heterocycles. The van der Waals surface area contributed by atoms with Gasteiger partial charge in [-0.1, -0.05) is 147 Å². The molecule has 0 bridgehead atoms. The molecule has 0 spiro atoms. The fourth-order valence-corrected chi connectivity index (χ4v) is 9.10. The van der Waals surface area contributed by atoms with E-state index in [9.17, 15) is 0 Å². The molecule has 0 radical (unpaired) electrons. The molecular weight excluding hydrogens is 601 g/mol. The van der Waals surface area contributed by atoms with Crippen molar-refractivity contribution in [2.75, 3.05) is 0 Å². The highest BCUT2D eigenvalue weighted by molar-refractivity contribution is 6.41. The Morgan fingerprint density at radius 1 is 0.380 bits per heavy atom. The number of hydrogen-bond acceptors (Lipinski definition) is 0. The lowest BCUT2D eigenvalue weighted by Gasteiger charge is -2.19. The first-order valence-electron chi connectivity index (χ1n) is 17.4. The predicted molar refractivity (Wildman–Crippen MR) is 219 cm³/mol. The third kappa shape index (κ3) is 3.82. The SMILES string of the molecule is C=Cc1cccc2c1c(=C)c1c(-c3ccccc3)c3cc4c5ccc(-c6c(C)cccc6C)cc5c5cccc(c3c(-c3ccccc3)c12)c54. The second-order valence-electron chi connectivity index (χ2n) is 13.8. The van der Waals surface area contributed by atoms with E-state index < -0.39 is 0 Å². The summed E-state index contributed by atoms with van der Waals surface area (Å²) in [5.74, 6) is 0. The fourth-order valence-electron chi connectivity index (χ4n) is 9.10. The standard InChI is InChI=1S/C50H34/c1-5-32-21-13-23-38-44(32)31(4)45-46(33-17-8-6-9-18-33)42-28-41-36-26-25-35(43-29(2)15-12-16-30(43)3)27-40(36)37-22-14-24-39(48(37)41)49(42)47(50(38)45)34-19-10-7-11-20-34/h5-28H,1,4H2,2-3H3. The lowest BCUT2D eigenvalue weighted by Crippen LogP contribution is -1.99. The largest absolute Gasteiger partial charge is 0.0984 e. The van der Waals surface area contributed by atoms with Gasteiger partial charge in [0.25, 0.3) is 0 Å². The maximum atomic E-state index is 4.83. The maximum absolute atomic E-state index is 4.83. The molecule has 10 aromatic rings. The van der Waals surface area contributed by atoms with E-state index in [0.717, 1.165) is 10.8 Å². The number of aryl methyl sites for hydroxylation is 2. The zero-order chi connectivity index (χ0) is 33.7. The van der Waals surface area contributed by atoms with Gasteiger partial charge in [-0.15, -0.1) is 0 Å². The molecule has 0 saturated carbocycles. The predicted octanol–water partition coefficient (Wildman–Crippen LogP) is 13.4. The summed E-state index contributed by atoms with van der Waals surface area (Å²) in [5, 5.41) is 16.3. The Labute approximate surface area is 291 Å². The van der Waals surface area contributed by atoms with Crippen molar-refractivity contribution in [2.45, 2.75) is 13.8 Å². The van der Waals surface area contributed by atoms with E-state index >= 15 is 0 Å². The van der Waals surface area contributed by atoms with Gasteiger partial charge in [0, 0.05) is 0 Å². The van der Waals surface area contributed by atoms with Gasteiger partial charge in [0.1, 0.15) is 0 Å². The molecule has 50 heavy (non-hydrogen) atoms. The molecule has 0 aliphatic rings. The van der Waals surface area contributed by atoms with Crippen molar-refractivity contribution in [1.82, 2.24) is 0 Å². The van der Waals surface area contributed by atoms with Gasteiger partial charge in [-0.25, -0.2) is 0 Å². The molecule has 234 valence electrons. The summed E-state index contributed by atoms with van der Waals surface area (Å²) in [4.78, 5) is 0. The van der Waals surface area contributed by atoms with E-state index in [1.807, 2.05) is 6.08 Å². The van der Waals surface area contributed by atoms with Crippen LogP contribution in [0.3, 0.4) is 0 Å². The third-order valence-electron chi connectivity index (χ3n) is 11.1. The van der Waals surface area contributed by atoms with Gasteiger partial charge in [0.2, 0.25) is 0 Å². The molecule has 0 aromatic heterocycles. The number of hydrogen-bond donors (Lipinski definition) is 0. The van der Waals surface area contributed by atoms with Gasteiger partial charge < -0.3 is 0 Å². The quantitative estimate of drug-likeness (QED) is 0.169. The van der Waals surface area contributed by atoms with E-state index in [0.29, 0.717) is 0 Å². The van der Waals surface area contributed by atoms with E-state index in [4.69, 9.17) is 6.58 Å². The second kappa shape index (κ2) is 10.6. The van der Waals surface area contributed by atoms with Crippen LogP contribution in [0, 0.1) is 13.8 Å². The van der Waals surface area contributed by atoms with E-state index in [2.05, 4.69) is 160 Å². The summed E-state index contributed by atoms with van der Waals surface area (Å²) in [6.45, 7) is 13.5. The van der Waals surface area contributed by atoms with Gasteiger partial charge in [0.15, 0.2) is 0 Å². The van der Waals surface area contributed by atoms with Gasteiger partial charge >= 0.3 is 0 Å². The van der Waals surface area contributed by atoms with Crippen LogP contribution in [0.25, 0.3) is 111 Å². The zero-order valence-corrected chi connectivity index (χ0v) is 28.3. The molecule has 0 heterocycles. The average molecular weight is 635 g/mol. The van der Waals surface area contributed by atoms with Gasteiger partial charge in [-0.05, 0) is 146 Å². The lowest BCUT2D eigenvalue weighted by atomic mass is 9.84. The molecule has 0 aliphatic carbocycles. The normalized spacial score (nSPS) is 12.0. The van der Waals surface area contributed by atoms with Crippen molar-refractivity contribution in [3.05, 3.63) is 168 Å². The second-order valence-corrected chi connectivity index (χ2v) is 13.8. The fraction of sp³-hybridized carbons (Fsp3) is 0.0400. The highest BCUT2D eigenvalue weighted by Crippen LogP contribution is 2.51. The van der Waals surface area contributed by atoms with Crippen LogP contribution in [0.15, 0.2) is 146 Å². The lowest BCUT2D eigenvalue weighted by molar-refractivity contribution is 1.38. The van der Waals surface area contributed by atoms with Crippen molar-refractivity contribution in [3.8, 4) is 33.4 Å². The van der Waals surface area contributed by atoms with E-state index in [1.54, 1.807) is 0 Å². The van der Waals surface area contributed by atoms with E-state index in [1.165, 1.54) is 109 Å². The topological polar surface area (TPSA) is 0 Å². The smallest absolute Gasteiger partial charge is 0.000741 e. The maximum Gasteiger partial charge on any atom is -0.000741 e. The molecule has 0 atom stereocenters. The van der Waals surface area contributed by atoms with Crippen LogP contribution in [0.1, 0.15) is 16.7 Å². The highest BCUT2D eigenvalue weighted by atomic mass is 14.3. The Bertz CT molecular complexity index is 3030. The van der Waals surface area contributed by atoms with Crippen LogP contribution in [-0.4, -0.2) is 0 Å². The molecule has 0 amide bonds. The Hall–Kier alpha value is -6.24. The summed E-state index contributed by atoms with van der Waals surface area (Å²) in [6, 6.07) is 51.6. The van der Waals surface area contributed by atoms with Crippen molar-refractivity contribution in [3.63, 3.8) is 0 Å². The van der Waals surface area contributed by atoms with Crippen LogP contribution in [0.2, 0.25) is 0 Å². The summed E-state index contributed by atoms with van der Waals surface area (Å²) in [5.41, 5.74) is 11.3. The summed E-state index contributed by atoms with van der Waals surface area (Å²) < 4.78 is 0. The average Bonchev–Trinajstić information content (AvgIpc) is 3.63. The van der Waals surface area contributed by atoms with Crippen LogP contribution < -0.4 is 5.22 Å². The monoisotopic (exact) mass is 634 g/mol. The number of benzene rings is 8. The van der Waals surface area contributed by atoms with Gasteiger partial charge in [-0.2, -0.15) is 0 Å². The number of rotatable bonds is 4. The summed E-state index contributed by atoms with van der Waals surface area (Å²) in [6.07, 6.45) is 1.97. The minimum Gasteiger partial charge on any atom is -0.0984 e. The van der Waals surface area contributed by atoms with Crippen LogP contribution in [0.4, 0.5) is 0 Å². The molecule has 10 rings (SSSR count). The Kier molecular flexibility index (Phi) is 6.11. The van der Waals surface area contributed by atoms with Gasteiger partial charge in [0.05, 0.1) is 0 Å². The number of fused-ring (bicyclic) bond motifs is 8. The highest BCUT2D eigenvalue weighted by Gasteiger charge is 2.25. The first-order valence-corrected chi connectivity index (χ1v) is 17.4. The minimum atomic E-state index is 1.06.